The van der Waals surface area contributed by atoms with Crippen molar-refractivity contribution >= 4 is 49.9 Å². The van der Waals surface area contributed by atoms with Crippen molar-refractivity contribution in [3.8, 4) is 23.0 Å². The molecule has 312 valence electrons. The number of sulfonamides is 1. The Hall–Kier alpha value is -5.32. The Morgan fingerprint density at radius 1 is 1.10 bits per heavy atom. The molecular weight excluding hydrogens is 826 g/mol. The number of nitrogens with one attached hydrogen (secondary N) is 2. The number of aromatic nitrogens is 5. The molecule has 5 aromatic rings. The number of carbonyl (C=O) groups excluding carboxylic acids is 1. The minimum absolute atomic E-state index is 0.0143. The number of hydrogen-bond acceptors (Lipinski definition) is 8. The molecular formula is C39H37ClF6N8O4S. The molecule has 3 heterocycles. The molecule has 0 bridgehead atoms. The number of nitrogens with zero attached hydrogens (tertiary/aromatic N) is 6. The Kier molecular flexibility index (Phi) is 10.5. The Morgan fingerprint density at radius 3 is 2.39 bits per heavy atom. The van der Waals surface area contributed by atoms with Gasteiger partial charge in [-0.05, 0) is 68.4 Å². The van der Waals surface area contributed by atoms with Gasteiger partial charge in [-0.1, -0.05) is 23.6 Å². The van der Waals surface area contributed by atoms with Gasteiger partial charge in [0.1, 0.15) is 40.9 Å². The average Bonchev–Trinajstić information content (AvgIpc) is 3.65. The number of aryl methyl sites for hydroxylation is 1. The Balaban J connectivity index is 1.44. The molecule has 3 atom stereocenters. The maximum Gasteiger partial charge on any atom is 0.293 e. The maximum atomic E-state index is 15.5. The topological polar surface area (TPSA) is 147 Å². The van der Waals surface area contributed by atoms with Gasteiger partial charge in [-0.25, -0.2) is 31.0 Å². The fraction of sp³-hybridized carbons (Fsp3) is 0.385. The van der Waals surface area contributed by atoms with Gasteiger partial charge < -0.3 is 15.3 Å². The van der Waals surface area contributed by atoms with Crippen LogP contribution in [-0.2, 0) is 40.8 Å². The van der Waals surface area contributed by atoms with Gasteiger partial charge in [-0.2, -0.15) is 19.0 Å². The van der Waals surface area contributed by atoms with Crippen LogP contribution >= 0.6 is 11.6 Å². The zero-order valence-corrected chi connectivity index (χ0v) is 33.9. The molecule has 0 radical (unpaired) electrons. The van der Waals surface area contributed by atoms with Crippen LogP contribution in [0.15, 0.2) is 36.4 Å². The summed E-state index contributed by atoms with van der Waals surface area (Å²) in [6.07, 6.45) is -2.59. The summed E-state index contributed by atoms with van der Waals surface area (Å²) < 4.78 is 117. The molecule has 2 aromatic carbocycles. The molecule has 0 saturated heterocycles. The van der Waals surface area contributed by atoms with E-state index in [-0.39, 0.29) is 57.1 Å². The van der Waals surface area contributed by atoms with Crippen LogP contribution in [0.25, 0.3) is 22.0 Å². The monoisotopic (exact) mass is 862 g/mol. The fourth-order valence-corrected chi connectivity index (χ4v) is 8.36. The Labute approximate surface area is 339 Å². The number of alkyl halides is 4. The molecule has 0 unspecified atom stereocenters. The number of anilines is 2. The van der Waals surface area contributed by atoms with E-state index < -0.39 is 81.3 Å². The first-order valence-electron chi connectivity index (χ1n) is 18.1. The van der Waals surface area contributed by atoms with Crippen molar-refractivity contribution in [3.63, 3.8) is 0 Å². The molecule has 59 heavy (non-hydrogen) atoms. The van der Waals surface area contributed by atoms with E-state index in [1.54, 1.807) is 31.1 Å². The molecule has 1 fully saturated rings. The first kappa shape index (κ1) is 41.8. The molecule has 20 heteroatoms. The van der Waals surface area contributed by atoms with Gasteiger partial charge in [0, 0.05) is 49.8 Å². The molecule has 0 aliphatic heterocycles. The summed E-state index contributed by atoms with van der Waals surface area (Å²) in [5.41, 5.74) is -1.93. The number of amides is 1. The number of hydrogen-bond donors (Lipinski definition) is 3. The first-order chi connectivity index (χ1) is 27.4. The molecule has 0 spiro atoms. The highest BCUT2D eigenvalue weighted by Gasteiger charge is 2.67. The third-order valence-electron chi connectivity index (χ3n) is 10.00. The van der Waals surface area contributed by atoms with Crippen LogP contribution in [-0.4, -0.2) is 69.9 Å². The third kappa shape index (κ3) is 8.17. The summed E-state index contributed by atoms with van der Waals surface area (Å²) in [5, 5.41) is 21.7. The third-order valence-corrected chi connectivity index (χ3v) is 10.9. The van der Waals surface area contributed by atoms with E-state index >= 15 is 8.78 Å². The van der Waals surface area contributed by atoms with Crippen LogP contribution in [0.5, 0.6) is 0 Å². The van der Waals surface area contributed by atoms with Gasteiger partial charge in [-0.15, -0.1) is 0 Å². The second kappa shape index (κ2) is 14.7. The number of benzene rings is 2. The van der Waals surface area contributed by atoms with Crippen molar-refractivity contribution in [1.82, 2.24) is 29.9 Å². The van der Waals surface area contributed by atoms with Gasteiger partial charge in [-0.3, -0.25) is 18.9 Å². The lowest BCUT2D eigenvalue weighted by molar-refractivity contribution is -0.123. The summed E-state index contributed by atoms with van der Waals surface area (Å²) in [5.74, 6) is -2.90. The van der Waals surface area contributed by atoms with Gasteiger partial charge in [0.05, 0.1) is 39.6 Å². The molecule has 12 nitrogen and oxygen atoms in total. The van der Waals surface area contributed by atoms with Crippen molar-refractivity contribution < 1.29 is 44.7 Å². The van der Waals surface area contributed by atoms with Crippen LogP contribution in [0.4, 0.5) is 37.8 Å². The first-order valence-corrected chi connectivity index (χ1v) is 20.3. The van der Waals surface area contributed by atoms with E-state index in [1.807, 2.05) is 0 Å². The smallest absolute Gasteiger partial charge is 0.293 e. The van der Waals surface area contributed by atoms with Crippen LogP contribution in [0.2, 0.25) is 5.02 Å². The molecule has 3 N–H and O–H groups in total. The van der Waals surface area contributed by atoms with Crippen molar-refractivity contribution in [2.75, 3.05) is 30.0 Å². The van der Waals surface area contributed by atoms with Gasteiger partial charge >= 0.3 is 0 Å². The molecule has 2 aliphatic rings. The maximum absolute atomic E-state index is 15.5. The lowest BCUT2D eigenvalue weighted by Crippen LogP contribution is -2.35. The van der Waals surface area contributed by atoms with E-state index in [0.29, 0.717) is 27.5 Å². The van der Waals surface area contributed by atoms with Crippen LogP contribution < -0.4 is 14.9 Å². The standard InChI is InChI=1S/C39H37ClF6N8O4S/c1-38(2,56)10-9-26-28(52(3)4)16-22(21-7-8-25(40)31-34(21)53(5)50-37(31)51-59(6,57)58)32(48-26)27(13-18-11-19(41)14-20(42)12-18)47-29(55)17-54-35-30(33(49-54)36(43)44)23-15-24(23)39(35,45)46/h7-8,11-12,14,16,23-24,27,36,56H,13,15,17H2,1-6H3,(H,47,55)(H,50,51)/t23-,24+,27-/m0/s1. The number of halogens is 7. The Morgan fingerprint density at radius 2 is 1.78 bits per heavy atom. The van der Waals surface area contributed by atoms with Crippen LogP contribution in [0.1, 0.15) is 72.6 Å². The summed E-state index contributed by atoms with van der Waals surface area (Å²) in [4.78, 5) is 20.6. The number of fused-ring (bicyclic) bond motifs is 4. The van der Waals surface area contributed by atoms with Crippen molar-refractivity contribution in [2.24, 2.45) is 13.0 Å². The zero-order valence-electron chi connectivity index (χ0n) is 32.3. The summed E-state index contributed by atoms with van der Waals surface area (Å²) in [6.45, 7) is 1.96. The van der Waals surface area contributed by atoms with Crippen LogP contribution in [0, 0.1) is 29.4 Å². The highest BCUT2D eigenvalue weighted by molar-refractivity contribution is 7.92. The lowest BCUT2D eigenvalue weighted by Gasteiger charge is -2.25. The average molecular weight is 863 g/mol. The number of pyridine rings is 1. The summed E-state index contributed by atoms with van der Waals surface area (Å²) >= 11 is 6.64. The van der Waals surface area contributed by atoms with Gasteiger partial charge in [0.2, 0.25) is 15.9 Å². The number of carbonyl (C=O) groups is 1. The highest BCUT2D eigenvalue weighted by atomic mass is 35.5. The van der Waals surface area contributed by atoms with E-state index in [1.165, 1.54) is 31.6 Å². The molecule has 2 aliphatic carbocycles. The predicted octanol–water partition coefficient (Wildman–Crippen LogP) is 6.57. The quantitative estimate of drug-likeness (QED) is 0.0999. The number of rotatable bonds is 11. The molecule has 3 aromatic heterocycles. The SMILES string of the molecule is CN(C)c1cc(-c2ccc(Cl)c3c(NS(C)(=O)=O)nn(C)c23)c([C@H](Cc2cc(F)cc(F)c2)NC(=O)Cn2nc(C(F)F)c3c2C(F)(F)[C@@H]2C[C@H]32)nc1C#CC(C)(C)O. The lowest BCUT2D eigenvalue weighted by atomic mass is 9.93. The fourth-order valence-electron chi connectivity index (χ4n) is 7.62. The van der Waals surface area contributed by atoms with Crippen molar-refractivity contribution in [2.45, 2.75) is 63.1 Å². The molecule has 7 rings (SSSR count). The molecule has 1 saturated carbocycles. The van der Waals surface area contributed by atoms with E-state index in [0.717, 1.165) is 18.4 Å². The molecule has 1 amide bonds. The van der Waals surface area contributed by atoms with Gasteiger partial charge in [0.15, 0.2) is 5.82 Å². The Bertz CT molecular complexity index is 2700. The summed E-state index contributed by atoms with van der Waals surface area (Å²) in [6, 6.07) is 6.06. The largest absolute Gasteiger partial charge is 0.378 e. The predicted molar refractivity (Wildman–Crippen MR) is 208 cm³/mol. The number of aliphatic hydroxyl groups is 1. The van der Waals surface area contributed by atoms with Crippen molar-refractivity contribution in [1.29, 1.82) is 0 Å². The minimum Gasteiger partial charge on any atom is -0.378 e. The minimum atomic E-state index is -3.85. The zero-order chi connectivity index (χ0) is 43.1. The van der Waals surface area contributed by atoms with Crippen LogP contribution in [0.3, 0.4) is 0 Å². The summed E-state index contributed by atoms with van der Waals surface area (Å²) in [7, 11) is 1.06. The normalized spacial score (nSPS) is 17.3. The van der Waals surface area contributed by atoms with E-state index in [4.69, 9.17) is 16.6 Å². The van der Waals surface area contributed by atoms with E-state index in [2.05, 4.69) is 32.1 Å². The second-order valence-corrected chi connectivity index (χ2v) is 17.6. The second-order valence-electron chi connectivity index (χ2n) is 15.4. The van der Waals surface area contributed by atoms with Gasteiger partial charge in [0.25, 0.3) is 12.3 Å². The highest BCUT2D eigenvalue weighted by Crippen LogP contribution is 2.68. The van der Waals surface area contributed by atoms with Crippen molar-refractivity contribution in [3.05, 3.63) is 87.0 Å². The van der Waals surface area contributed by atoms with E-state index in [9.17, 15) is 35.9 Å².